The van der Waals surface area contributed by atoms with Crippen molar-refractivity contribution in [2.24, 2.45) is 11.8 Å². The van der Waals surface area contributed by atoms with Crippen LogP contribution in [0.2, 0.25) is 0 Å². The summed E-state index contributed by atoms with van der Waals surface area (Å²) in [6.45, 7) is 3.14. The fourth-order valence-corrected chi connectivity index (χ4v) is 3.25. The second kappa shape index (κ2) is 7.65. The SMILES string of the molecule is CCn1ccnc1CC(CC1CCCCCC1)NN. The average molecular weight is 264 g/mol. The van der Waals surface area contributed by atoms with Crippen LogP contribution in [0.5, 0.6) is 0 Å². The Bertz CT molecular complexity index is 353. The highest BCUT2D eigenvalue weighted by Crippen LogP contribution is 2.27. The molecule has 0 saturated heterocycles. The maximum absolute atomic E-state index is 5.75. The number of nitrogens with two attached hydrogens (primary N) is 1. The summed E-state index contributed by atoms with van der Waals surface area (Å²) < 4.78 is 2.21. The van der Waals surface area contributed by atoms with Gasteiger partial charge in [0.1, 0.15) is 5.82 Å². The van der Waals surface area contributed by atoms with E-state index in [1.165, 1.54) is 44.9 Å². The minimum Gasteiger partial charge on any atom is -0.335 e. The van der Waals surface area contributed by atoms with Crippen molar-refractivity contribution in [1.29, 1.82) is 0 Å². The maximum Gasteiger partial charge on any atom is 0.110 e. The minimum absolute atomic E-state index is 0.357. The van der Waals surface area contributed by atoms with Crippen molar-refractivity contribution in [3.8, 4) is 0 Å². The minimum atomic E-state index is 0.357. The third-order valence-corrected chi connectivity index (χ3v) is 4.40. The molecular formula is C15H28N4. The third-order valence-electron chi connectivity index (χ3n) is 4.40. The molecule has 0 spiro atoms. The first kappa shape index (κ1) is 14.5. The molecule has 3 N–H and O–H groups in total. The van der Waals surface area contributed by atoms with Gasteiger partial charge in [0.2, 0.25) is 0 Å². The van der Waals surface area contributed by atoms with E-state index in [4.69, 9.17) is 5.84 Å². The van der Waals surface area contributed by atoms with Crippen molar-refractivity contribution in [2.75, 3.05) is 0 Å². The molecule has 1 heterocycles. The van der Waals surface area contributed by atoms with Crippen LogP contribution in [0.4, 0.5) is 0 Å². The van der Waals surface area contributed by atoms with Gasteiger partial charge in [-0.2, -0.15) is 0 Å². The molecule has 1 saturated carbocycles. The average Bonchev–Trinajstić information content (AvgIpc) is 2.72. The predicted molar refractivity (Wildman–Crippen MR) is 78.5 cm³/mol. The summed E-state index contributed by atoms with van der Waals surface area (Å²) in [5.41, 5.74) is 3.01. The van der Waals surface area contributed by atoms with Gasteiger partial charge in [0.25, 0.3) is 0 Å². The molecule has 0 aromatic carbocycles. The summed E-state index contributed by atoms with van der Waals surface area (Å²) >= 11 is 0. The van der Waals surface area contributed by atoms with Crippen molar-refractivity contribution in [3.05, 3.63) is 18.2 Å². The van der Waals surface area contributed by atoms with Crippen LogP contribution in [0, 0.1) is 5.92 Å². The molecule has 108 valence electrons. The molecule has 1 atom stereocenters. The van der Waals surface area contributed by atoms with Crippen LogP contribution in [-0.4, -0.2) is 15.6 Å². The lowest BCUT2D eigenvalue weighted by atomic mass is 9.91. The lowest BCUT2D eigenvalue weighted by molar-refractivity contribution is 0.347. The highest BCUT2D eigenvalue weighted by Gasteiger charge is 2.19. The van der Waals surface area contributed by atoms with Gasteiger partial charge in [-0.1, -0.05) is 38.5 Å². The fraction of sp³-hybridized carbons (Fsp3) is 0.800. The van der Waals surface area contributed by atoms with Gasteiger partial charge >= 0.3 is 0 Å². The lowest BCUT2D eigenvalue weighted by Crippen LogP contribution is -2.39. The third kappa shape index (κ3) is 4.32. The zero-order valence-corrected chi connectivity index (χ0v) is 12.1. The highest BCUT2D eigenvalue weighted by molar-refractivity contribution is 4.95. The van der Waals surface area contributed by atoms with Gasteiger partial charge < -0.3 is 4.57 Å². The smallest absolute Gasteiger partial charge is 0.110 e. The summed E-state index contributed by atoms with van der Waals surface area (Å²) in [7, 11) is 0. The van der Waals surface area contributed by atoms with E-state index in [0.717, 1.165) is 24.7 Å². The Balaban J connectivity index is 1.88. The number of rotatable bonds is 6. The van der Waals surface area contributed by atoms with Crippen LogP contribution in [0.25, 0.3) is 0 Å². The van der Waals surface area contributed by atoms with Crippen LogP contribution in [-0.2, 0) is 13.0 Å². The van der Waals surface area contributed by atoms with Gasteiger partial charge in [0.15, 0.2) is 0 Å². The first-order chi connectivity index (χ1) is 9.33. The molecule has 1 fully saturated rings. The number of nitrogens with one attached hydrogen (secondary N) is 1. The van der Waals surface area contributed by atoms with Crippen LogP contribution in [0.1, 0.15) is 57.7 Å². The van der Waals surface area contributed by atoms with E-state index in [1.54, 1.807) is 0 Å². The van der Waals surface area contributed by atoms with E-state index in [2.05, 4.69) is 28.1 Å². The Morgan fingerprint density at radius 3 is 2.74 bits per heavy atom. The summed E-state index contributed by atoms with van der Waals surface area (Å²) in [5, 5.41) is 0. The topological polar surface area (TPSA) is 55.9 Å². The van der Waals surface area contributed by atoms with E-state index >= 15 is 0 Å². The maximum atomic E-state index is 5.75. The number of hydrogen-bond acceptors (Lipinski definition) is 3. The monoisotopic (exact) mass is 264 g/mol. The largest absolute Gasteiger partial charge is 0.335 e. The molecule has 1 aliphatic rings. The Hall–Kier alpha value is -0.870. The number of nitrogens with zero attached hydrogens (tertiary/aromatic N) is 2. The van der Waals surface area contributed by atoms with Crippen molar-refractivity contribution in [2.45, 2.75) is 70.9 Å². The summed E-state index contributed by atoms with van der Waals surface area (Å²) in [6, 6.07) is 0.357. The number of hydrazine groups is 1. The Labute approximate surface area is 116 Å². The Kier molecular flexibility index (Phi) is 5.86. The molecule has 0 amide bonds. The normalized spacial score (nSPS) is 19.3. The van der Waals surface area contributed by atoms with Crippen molar-refractivity contribution < 1.29 is 0 Å². The second-order valence-corrected chi connectivity index (χ2v) is 5.79. The van der Waals surface area contributed by atoms with E-state index in [-0.39, 0.29) is 0 Å². The zero-order valence-electron chi connectivity index (χ0n) is 12.1. The molecule has 0 bridgehead atoms. The van der Waals surface area contributed by atoms with Gasteiger partial charge in [-0.3, -0.25) is 11.3 Å². The van der Waals surface area contributed by atoms with E-state index in [9.17, 15) is 0 Å². The van der Waals surface area contributed by atoms with Gasteiger partial charge in [0.05, 0.1) is 0 Å². The van der Waals surface area contributed by atoms with Crippen LogP contribution in [0.15, 0.2) is 12.4 Å². The number of hydrogen-bond donors (Lipinski definition) is 2. The molecule has 1 unspecified atom stereocenters. The van der Waals surface area contributed by atoms with E-state index in [0.29, 0.717) is 6.04 Å². The molecule has 0 radical (unpaired) electrons. The van der Waals surface area contributed by atoms with Gasteiger partial charge in [-0.05, 0) is 19.3 Å². The fourth-order valence-electron chi connectivity index (χ4n) is 3.25. The van der Waals surface area contributed by atoms with Crippen molar-refractivity contribution in [1.82, 2.24) is 15.0 Å². The van der Waals surface area contributed by atoms with Crippen LogP contribution < -0.4 is 11.3 Å². The van der Waals surface area contributed by atoms with Crippen LogP contribution >= 0.6 is 0 Å². The quantitative estimate of drug-likeness (QED) is 0.472. The van der Waals surface area contributed by atoms with Gasteiger partial charge in [-0.25, -0.2) is 4.98 Å². The van der Waals surface area contributed by atoms with Crippen LogP contribution in [0.3, 0.4) is 0 Å². The molecule has 19 heavy (non-hydrogen) atoms. The number of aryl methyl sites for hydroxylation is 1. The Morgan fingerprint density at radius 2 is 2.11 bits per heavy atom. The molecule has 4 nitrogen and oxygen atoms in total. The van der Waals surface area contributed by atoms with E-state index in [1.807, 2.05) is 6.20 Å². The summed E-state index contributed by atoms with van der Waals surface area (Å²) in [4.78, 5) is 4.45. The van der Waals surface area contributed by atoms with Crippen molar-refractivity contribution >= 4 is 0 Å². The summed E-state index contributed by atoms with van der Waals surface area (Å²) in [6.07, 6.45) is 14.4. The summed E-state index contributed by atoms with van der Waals surface area (Å²) in [5.74, 6) is 7.74. The molecule has 1 aliphatic carbocycles. The molecule has 2 rings (SSSR count). The molecular weight excluding hydrogens is 236 g/mol. The molecule has 0 aliphatic heterocycles. The first-order valence-electron chi connectivity index (χ1n) is 7.79. The number of imidazole rings is 1. The van der Waals surface area contributed by atoms with Crippen molar-refractivity contribution in [3.63, 3.8) is 0 Å². The predicted octanol–water partition coefficient (Wildman–Crippen LogP) is 2.64. The van der Waals surface area contributed by atoms with E-state index < -0.39 is 0 Å². The van der Waals surface area contributed by atoms with Gasteiger partial charge in [-0.15, -0.1) is 0 Å². The zero-order chi connectivity index (χ0) is 13.5. The lowest BCUT2D eigenvalue weighted by Gasteiger charge is -2.22. The first-order valence-corrected chi connectivity index (χ1v) is 7.79. The highest BCUT2D eigenvalue weighted by atomic mass is 15.2. The Morgan fingerprint density at radius 1 is 1.37 bits per heavy atom. The second-order valence-electron chi connectivity index (χ2n) is 5.79. The molecule has 4 heteroatoms. The molecule has 1 aromatic rings. The standard InChI is InChI=1S/C15H28N4/c1-2-19-10-9-17-15(19)12-14(18-16)11-13-7-5-3-4-6-8-13/h9-10,13-14,18H,2-8,11-12,16H2,1H3. The number of aromatic nitrogens is 2. The van der Waals surface area contributed by atoms with Gasteiger partial charge in [0, 0.05) is 31.4 Å². The molecule has 1 aromatic heterocycles.